The second-order valence-corrected chi connectivity index (χ2v) is 6.03. The van der Waals surface area contributed by atoms with E-state index < -0.39 is 0 Å². The first kappa shape index (κ1) is 15.2. The lowest BCUT2D eigenvalue weighted by molar-refractivity contribution is 0.314. The number of aromatic nitrogens is 2. The Labute approximate surface area is 124 Å². The number of anilines is 3. The highest BCUT2D eigenvalue weighted by atomic mass is 32.2. The molecule has 0 radical (unpaired) electrons. The molecule has 20 heavy (non-hydrogen) atoms. The van der Waals surface area contributed by atoms with Crippen LogP contribution >= 0.6 is 11.8 Å². The van der Waals surface area contributed by atoms with E-state index in [1.807, 2.05) is 17.8 Å². The zero-order chi connectivity index (χ0) is 14.2. The van der Waals surface area contributed by atoms with Crippen molar-refractivity contribution in [2.24, 2.45) is 0 Å². The summed E-state index contributed by atoms with van der Waals surface area (Å²) in [6.45, 7) is 7.30. The number of hydrogen-bond acceptors (Lipinski definition) is 7. The van der Waals surface area contributed by atoms with Crippen LogP contribution in [0, 0.1) is 0 Å². The average Bonchev–Trinajstić information content (AvgIpc) is 2.46. The first-order valence-corrected chi connectivity index (χ1v) is 8.36. The zero-order valence-electron chi connectivity index (χ0n) is 12.1. The van der Waals surface area contributed by atoms with Crippen molar-refractivity contribution in [1.82, 2.24) is 14.9 Å². The molecule has 1 aliphatic heterocycles. The Balaban J connectivity index is 1.80. The van der Waals surface area contributed by atoms with Crippen molar-refractivity contribution in [1.29, 1.82) is 0 Å². The van der Waals surface area contributed by atoms with Crippen molar-refractivity contribution in [2.75, 3.05) is 60.6 Å². The quantitative estimate of drug-likeness (QED) is 0.700. The molecule has 0 spiro atoms. The van der Waals surface area contributed by atoms with Crippen LogP contribution < -0.4 is 16.4 Å². The fourth-order valence-corrected chi connectivity index (χ4v) is 3.05. The molecule has 6 nitrogen and oxygen atoms in total. The Morgan fingerprint density at radius 2 is 1.85 bits per heavy atom. The first-order valence-electron chi connectivity index (χ1n) is 7.20. The molecular weight excluding hydrogens is 272 g/mol. The Morgan fingerprint density at radius 1 is 1.20 bits per heavy atom. The molecule has 0 amide bonds. The van der Waals surface area contributed by atoms with Crippen LogP contribution in [-0.2, 0) is 0 Å². The lowest BCUT2D eigenvalue weighted by Gasteiger charge is -2.26. The van der Waals surface area contributed by atoms with Crippen molar-refractivity contribution in [3.05, 3.63) is 6.07 Å². The van der Waals surface area contributed by atoms with Crippen LogP contribution in [-0.4, -0.2) is 59.1 Å². The van der Waals surface area contributed by atoms with Crippen LogP contribution in [0.15, 0.2) is 6.07 Å². The van der Waals surface area contributed by atoms with E-state index >= 15 is 0 Å². The molecule has 1 fully saturated rings. The van der Waals surface area contributed by atoms with Gasteiger partial charge < -0.3 is 16.4 Å². The topological polar surface area (TPSA) is 79.1 Å². The Bertz CT molecular complexity index is 408. The fraction of sp³-hybridized carbons (Fsp3) is 0.692. The molecule has 0 aliphatic carbocycles. The van der Waals surface area contributed by atoms with Gasteiger partial charge >= 0.3 is 0 Å². The van der Waals surface area contributed by atoms with E-state index in [0.717, 1.165) is 37.7 Å². The predicted octanol–water partition coefficient (Wildman–Crippen LogP) is 1.34. The minimum atomic E-state index is 0.308. The van der Waals surface area contributed by atoms with Gasteiger partial charge in [0.15, 0.2) is 0 Å². The standard InChI is InChI=1S/C13H24N6S/c1-2-3-15-11-10-12(18-13(14)17-11)16-4-5-19-6-8-20-9-7-19/h10H,2-9H2,1H3,(H4,14,15,16,17,18). The molecule has 112 valence electrons. The normalized spacial score (nSPS) is 16.1. The molecule has 1 saturated heterocycles. The van der Waals surface area contributed by atoms with Crippen LogP contribution in [0.2, 0.25) is 0 Å². The van der Waals surface area contributed by atoms with Gasteiger partial charge in [-0.3, -0.25) is 4.90 Å². The van der Waals surface area contributed by atoms with Crippen LogP contribution in [0.5, 0.6) is 0 Å². The largest absolute Gasteiger partial charge is 0.370 e. The summed E-state index contributed by atoms with van der Waals surface area (Å²) >= 11 is 2.03. The fourth-order valence-electron chi connectivity index (χ4n) is 2.07. The van der Waals surface area contributed by atoms with Gasteiger partial charge in [0.25, 0.3) is 0 Å². The number of thioether (sulfide) groups is 1. The summed E-state index contributed by atoms with van der Waals surface area (Å²) in [6, 6.07) is 1.91. The summed E-state index contributed by atoms with van der Waals surface area (Å²) in [5.74, 6) is 4.37. The monoisotopic (exact) mass is 296 g/mol. The number of nitrogen functional groups attached to an aromatic ring is 1. The van der Waals surface area contributed by atoms with Crippen molar-refractivity contribution in [3.8, 4) is 0 Å². The molecule has 7 heteroatoms. The van der Waals surface area contributed by atoms with Crippen molar-refractivity contribution < 1.29 is 0 Å². The minimum absolute atomic E-state index is 0.308. The predicted molar refractivity (Wildman–Crippen MR) is 87.5 cm³/mol. The maximum atomic E-state index is 5.73. The maximum absolute atomic E-state index is 5.73. The lowest BCUT2D eigenvalue weighted by atomic mass is 10.4. The van der Waals surface area contributed by atoms with Gasteiger partial charge in [-0.15, -0.1) is 0 Å². The van der Waals surface area contributed by atoms with Crippen molar-refractivity contribution >= 4 is 29.3 Å². The third kappa shape index (κ3) is 5.05. The molecule has 0 aromatic carbocycles. The summed E-state index contributed by atoms with van der Waals surface area (Å²) in [5, 5.41) is 6.56. The molecule has 2 rings (SSSR count). The van der Waals surface area contributed by atoms with Gasteiger partial charge in [0.2, 0.25) is 5.95 Å². The number of nitrogens with two attached hydrogens (primary N) is 1. The molecule has 1 aromatic heterocycles. The molecule has 1 aromatic rings. The van der Waals surface area contributed by atoms with E-state index in [2.05, 4.69) is 32.4 Å². The van der Waals surface area contributed by atoms with Crippen LogP contribution in [0.1, 0.15) is 13.3 Å². The van der Waals surface area contributed by atoms with Gasteiger partial charge in [-0.25, -0.2) is 0 Å². The Morgan fingerprint density at radius 3 is 2.50 bits per heavy atom. The van der Waals surface area contributed by atoms with E-state index in [4.69, 9.17) is 5.73 Å². The Kier molecular flexibility index (Phi) is 6.20. The van der Waals surface area contributed by atoms with Crippen LogP contribution in [0.3, 0.4) is 0 Å². The van der Waals surface area contributed by atoms with Crippen LogP contribution in [0.25, 0.3) is 0 Å². The van der Waals surface area contributed by atoms with E-state index in [1.165, 1.54) is 24.6 Å². The second-order valence-electron chi connectivity index (χ2n) is 4.80. The molecule has 1 aliphatic rings. The number of hydrogen-bond donors (Lipinski definition) is 3. The highest BCUT2D eigenvalue weighted by Crippen LogP contribution is 2.13. The maximum Gasteiger partial charge on any atom is 0.223 e. The number of rotatable bonds is 7. The van der Waals surface area contributed by atoms with Gasteiger partial charge in [-0.1, -0.05) is 6.92 Å². The third-order valence-electron chi connectivity index (χ3n) is 3.14. The van der Waals surface area contributed by atoms with Gasteiger partial charge in [0.05, 0.1) is 0 Å². The molecule has 0 unspecified atom stereocenters. The highest BCUT2D eigenvalue weighted by Gasteiger charge is 2.09. The van der Waals surface area contributed by atoms with E-state index in [-0.39, 0.29) is 0 Å². The van der Waals surface area contributed by atoms with E-state index in [0.29, 0.717) is 5.95 Å². The number of nitrogens with zero attached hydrogens (tertiary/aromatic N) is 3. The lowest BCUT2D eigenvalue weighted by Crippen LogP contribution is -2.36. The van der Waals surface area contributed by atoms with Gasteiger partial charge in [-0.05, 0) is 6.42 Å². The Hall–Kier alpha value is -1.21. The summed E-state index contributed by atoms with van der Waals surface area (Å²) < 4.78 is 0. The molecule has 0 atom stereocenters. The van der Waals surface area contributed by atoms with E-state index in [1.54, 1.807) is 0 Å². The zero-order valence-corrected chi connectivity index (χ0v) is 12.9. The molecule has 0 bridgehead atoms. The summed E-state index contributed by atoms with van der Waals surface area (Å²) in [5.41, 5.74) is 5.73. The summed E-state index contributed by atoms with van der Waals surface area (Å²) in [4.78, 5) is 10.9. The van der Waals surface area contributed by atoms with Gasteiger partial charge in [-0.2, -0.15) is 21.7 Å². The molecular formula is C13H24N6S. The first-order chi connectivity index (χ1) is 9.78. The molecule has 4 N–H and O–H groups in total. The van der Waals surface area contributed by atoms with Gasteiger partial charge in [0, 0.05) is 50.3 Å². The minimum Gasteiger partial charge on any atom is -0.370 e. The van der Waals surface area contributed by atoms with E-state index in [9.17, 15) is 0 Å². The van der Waals surface area contributed by atoms with Crippen molar-refractivity contribution in [3.63, 3.8) is 0 Å². The summed E-state index contributed by atoms with van der Waals surface area (Å²) in [7, 11) is 0. The molecule has 2 heterocycles. The van der Waals surface area contributed by atoms with Crippen molar-refractivity contribution in [2.45, 2.75) is 13.3 Å². The third-order valence-corrected chi connectivity index (χ3v) is 4.08. The average molecular weight is 296 g/mol. The second kappa shape index (κ2) is 8.16. The van der Waals surface area contributed by atoms with Gasteiger partial charge in [0.1, 0.15) is 11.6 Å². The highest BCUT2D eigenvalue weighted by molar-refractivity contribution is 7.99. The molecule has 0 saturated carbocycles. The smallest absolute Gasteiger partial charge is 0.223 e. The number of nitrogens with one attached hydrogen (secondary N) is 2. The SMILES string of the molecule is CCCNc1cc(NCCN2CCSCC2)nc(N)n1. The van der Waals surface area contributed by atoms with Crippen LogP contribution in [0.4, 0.5) is 17.6 Å². The summed E-state index contributed by atoms with van der Waals surface area (Å²) in [6.07, 6.45) is 1.06.